The van der Waals surface area contributed by atoms with Gasteiger partial charge in [-0.3, -0.25) is 4.79 Å². The molecule has 0 bridgehead atoms. The van der Waals surface area contributed by atoms with Gasteiger partial charge in [-0.05, 0) is 31.2 Å². The first-order valence-corrected chi connectivity index (χ1v) is 12.9. The Morgan fingerprint density at radius 1 is 0.970 bits per heavy atom. The minimum Gasteiger partial charge on any atom is -0.356 e. The number of carbonyl (C=O) groups is 1. The van der Waals surface area contributed by atoms with Crippen molar-refractivity contribution in [1.29, 1.82) is 0 Å². The second-order valence-electron chi connectivity index (χ2n) is 10.0. The topological polar surface area (TPSA) is 58.6 Å². The normalized spacial score (nSPS) is 27.4. The maximum absolute atomic E-state index is 13.6. The van der Waals surface area contributed by atoms with Crippen molar-refractivity contribution >= 4 is 23.3 Å². The number of aromatic nitrogens is 2. The summed E-state index contributed by atoms with van der Waals surface area (Å²) in [4.78, 5) is 27.4. The van der Waals surface area contributed by atoms with E-state index >= 15 is 0 Å². The van der Waals surface area contributed by atoms with Gasteiger partial charge in [0.25, 0.3) is 5.91 Å². The number of benzene rings is 1. The van der Waals surface area contributed by atoms with Gasteiger partial charge in [0.05, 0.1) is 6.04 Å². The van der Waals surface area contributed by atoms with Crippen LogP contribution in [0.3, 0.4) is 0 Å². The van der Waals surface area contributed by atoms with Crippen LogP contribution in [-0.4, -0.2) is 45.7 Å². The molecule has 6 nitrogen and oxygen atoms in total. The third-order valence-corrected chi connectivity index (χ3v) is 8.26. The standard InChI is InChI=1S/C26H31ClN4O2/c27-21-17-22(29-24(28-21)19-9-5-2-6-10-19)30-15-13-26(14-16-30)25(32)31-20(11-12-23(31)33-26)18-7-3-1-4-8-18/h1,3-4,7-8,17,19-20,23H,2,5-6,9-16H2. The van der Waals surface area contributed by atoms with Crippen LogP contribution in [0.1, 0.15) is 81.1 Å². The van der Waals surface area contributed by atoms with E-state index in [9.17, 15) is 4.79 Å². The van der Waals surface area contributed by atoms with Crippen LogP contribution in [0, 0.1) is 0 Å². The molecule has 3 saturated heterocycles. The Morgan fingerprint density at radius 2 is 1.73 bits per heavy atom. The van der Waals surface area contributed by atoms with E-state index in [2.05, 4.69) is 22.0 Å². The average molecular weight is 467 g/mol. The molecule has 2 unspecified atom stereocenters. The number of rotatable bonds is 3. The molecule has 3 aliphatic heterocycles. The SMILES string of the molecule is O=C1N2C(CCC2c2ccccc2)OC12CCN(c1cc(Cl)nc(C3CCCCC3)n1)CC2. The molecule has 4 aliphatic rings. The number of piperidine rings is 1. The molecule has 1 spiro atoms. The van der Waals surface area contributed by atoms with E-state index in [0.29, 0.717) is 23.9 Å². The van der Waals surface area contributed by atoms with Gasteiger partial charge in [0.2, 0.25) is 0 Å². The number of ether oxygens (including phenoxy) is 1. The molecule has 4 fully saturated rings. The van der Waals surface area contributed by atoms with Crippen molar-refractivity contribution < 1.29 is 9.53 Å². The smallest absolute Gasteiger partial charge is 0.257 e. The van der Waals surface area contributed by atoms with Gasteiger partial charge < -0.3 is 14.5 Å². The van der Waals surface area contributed by atoms with Crippen molar-refractivity contribution in [2.75, 3.05) is 18.0 Å². The second kappa shape index (κ2) is 8.55. The van der Waals surface area contributed by atoms with Gasteiger partial charge in [0.1, 0.15) is 23.0 Å². The third-order valence-electron chi connectivity index (χ3n) is 8.07. The Bertz CT molecular complexity index is 1020. The average Bonchev–Trinajstić information content (AvgIpc) is 3.38. The van der Waals surface area contributed by atoms with Crippen molar-refractivity contribution in [2.45, 2.75) is 81.6 Å². The molecule has 1 aromatic heterocycles. The quantitative estimate of drug-likeness (QED) is 0.579. The minimum absolute atomic E-state index is 0.0966. The summed E-state index contributed by atoms with van der Waals surface area (Å²) in [5.74, 6) is 2.35. The van der Waals surface area contributed by atoms with E-state index in [1.165, 1.54) is 24.8 Å². The largest absolute Gasteiger partial charge is 0.356 e. The molecular weight excluding hydrogens is 436 g/mol. The van der Waals surface area contributed by atoms with Crippen LogP contribution in [0.2, 0.25) is 5.15 Å². The monoisotopic (exact) mass is 466 g/mol. The lowest BCUT2D eigenvalue weighted by atomic mass is 9.88. The van der Waals surface area contributed by atoms with Gasteiger partial charge in [-0.25, -0.2) is 9.97 Å². The summed E-state index contributed by atoms with van der Waals surface area (Å²) < 4.78 is 6.50. The minimum atomic E-state index is -0.697. The lowest BCUT2D eigenvalue weighted by Crippen LogP contribution is -2.50. The van der Waals surface area contributed by atoms with Gasteiger partial charge in [-0.1, -0.05) is 61.2 Å². The van der Waals surface area contributed by atoms with Crippen LogP contribution < -0.4 is 4.90 Å². The van der Waals surface area contributed by atoms with E-state index in [-0.39, 0.29) is 18.2 Å². The van der Waals surface area contributed by atoms with Crippen LogP contribution in [-0.2, 0) is 9.53 Å². The Kier molecular flexibility index (Phi) is 5.53. The fraction of sp³-hybridized carbons (Fsp3) is 0.577. The molecule has 2 atom stereocenters. The molecule has 4 heterocycles. The van der Waals surface area contributed by atoms with Crippen LogP contribution in [0.15, 0.2) is 36.4 Å². The number of anilines is 1. The summed E-state index contributed by atoms with van der Waals surface area (Å²) >= 11 is 6.41. The van der Waals surface area contributed by atoms with Gasteiger partial charge in [0, 0.05) is 37.9 Å². The molecular formula is C26H31ClN4O2. The molecule has 1 saturated carbocycles. The fourth-order valence-corrected chi connectivity index (χ4v) is 6.46. The number of hydrogen-bond donors (Lipinski definition) is 0. The van der Waals surface area contributed by atoms with Crippen LogP contribution >= 0.6 is 11.6 Å². The van der Waals surface area contributed by atoms with Gasteiger partial charge in [-0.15, -0.1) is 0 Å². The molecule has 0 N–H and O–H groups in total. The first-order valence-electron chi connectivity index (χ1n) is 12.5. The van der Waals surface area contributed by atoms with E-state index < -0.39 is 5.60 Å². The highest BCUT2D eigenvalue weighted by Crippen LogP contribution is 2.48. The molecule has 7 heteroatoms. The van der Waals surface area contributed by atoms with Crippen molar-refractivity contribution in [3.05, 3.63) is 52.9 Å². The summed E-state index contributed by atoms with van der Waals surface area (Å²) in [6.45, 7) is 1.47. The maximum Gasteiger partial charge on any atom is 0.257 e. The van der Waals surface area contributed by atoms with Crippen LogP contribution in [0.4, 0.5) is 5.82 Å². The lowest BCUT2D eigenvalue weighted by molar-refractivity contribution is -0.140. The molecule has 33 heavy (non-hydrogen) atoms. The van der Waals surface area contributed by atoms with Crippen LogP contribution in [0.5, 0.6) is 0 Å². The van der Waals surface area contributed by atoms with E-state index in [4.69, 9.17) is 21.3 Å². The number of fused-ring (bicyclic) bond motifs is 1. The van der Waals surface area contributed by atoms with E-state index in [1.54, 1.807) is 0 Å². The fourth-order valence-electron chi connectivity index (χ4n) is 6.27. The highest BCUT2D eigenvalue weighted by atomic mass is 35.5. The summed E-state index contributed by atoms with van der Waals surface area (Å²) in [6.07, 6.45) is 9.20. The second-order valence-corrected chi connectivity index (χ2v) is 10.4. The summed E-state index contributed by atoms with van der Waals surface area (Å²) in [6, 6.07) is 12.4. The molecule has 1 aliphatic carbocycles. The molecule has 6 rings (SSSR count). The zero-order valence-electron chi connectivity index (χ0n) is 19.0. The Balaban J connectivity index is 1.17. The van der Waals surface area contributed by atoms with Crippen molar-refractivity contribution in [2.24, 2.45) is 0 Å². The third kappa shape index (κ3) is 3.81. The predicted molar refractivity (Wildman–Crippen MR) is 127 cm³/mol. The van der Waals surface area contributed by atoms with Crippen molar-refractivity contribution in [3.63, 3.8) is 0 Å². The highest BCUT2D eigenvalue weighted by Gasteiger charge is 2.58. The van der Waals surface area contributed by atoms with Crippen molar-refractivity contribution in [1.82, 2.24) is 14.9 Å². The van der Waals surface area contributed by atoms with Gasteiger partial charge in [-0.2, -0.15) is 0 Å². The Hall–Kier alpha value is -2.18. The molecule has 1 amide bonds. The number of hydrogen-bond acceptors (Lipinski definition) is 5. The van der Waals surface area contributed by atoms with E-state index in [1.807, 2.05) is 29.2 Å². The first-order chi connectivity index (χ1) is 16.1. The molecule has 2 aromatic rings. The summed E-state index contributed by atoms with van der Waals surface area (Å²) in [7, 11) is 0. The number of amides is 1. The van der Waals surface area contributed by atoms with Gasteiger partial charge in [0.15, 0.2) is 5.60 Å². The number of halogens is 1. The summed E-state index contributed by atoms with van der Waals surface area (Å²) in [5, 5.41) is 0.514. The first kappa shape index (κ1) is 21.4. The molecule has 174 valence electrons. The Labute approximate surface area is 200 Å². The predicted octanol–water partition coefficient (Wildman–Crippen LogP) is 5.24. The van der Waals surface area contributed by atoms with E-state index in [0.717, 1.165) is 50.4 Å². The summed E-state index contributed by atoms with van der Waals surface area (Å²) in [5.41, 5.74) is 0.509. The molecule has 1 aromatic carbocycles. The number of nitrogens with zero attached hydrogens (tertiary/aromatic N) is 4. The van der Waals surface area contributed by atoms with Crippen molar-refractivity contribution in [3.8, 4) is 0 Å². The van der Waals surface area contributed by atoms with Crippen LogP contribution in [0.25, 0.3) is 0 Å². The lowest BCUT2D eigenvalue weighted by Gasteiger charge is -2.38. The zero-order chi connectivity index (χ0) is 22.4. The maximum atomic E-state index is 13.6. The number of carbonyl (C=O) groups excluding carboxylic acids is 1. The Morgan fingerprint density at radius 3 is 2.48 bits per heavy atom. The molecule has 0 radical (unpaired) electrons. The van der Waals surface area contributed by atoms with Gasteiger partial charge >= 0.3 is 0 Å². The zero-order valence-corrected chi connectivity index (χ0v) is 19.7. The highest BCUT2D eigenvalue weighted by molar-refractivity contribution is 6.29.